The monoisotopic (exact) mass is 257 g/mol. The summed E-state index contributed by atoms with van der Waals surface area (Å²) in [6.07, 6.45) is 4.83. The predicted octanol–water partition coefficient (Wildman–Crippen LogP) is 2.61. The fourth-order valence-electron chi connectivity index (χ4n) is 1.58. The zero-order valence-corrected chi connectivity index (χ0v) is 10.2. The van der Waals surface area contributed by atoms with Crippen LogP contribution in [0.25, 0.3) is 11.4 Å². The summed E-state index contributed by atoms with van der Waals surface area (Å²) in [6, 6.07) is 5.42. The zero-order valence-electron chi connectivity index (χ0n) is 10.2. The summed E-state index contributed by atoms with van der Waals surface area (Å²) >= 11 is 0. The number of rotatable bonds is 4. The van der Waals surface area contributed by atoms with Gasteiger partial charge in [-0.25, -0.2) is 0 Å². The molecular weight excluding hydrogens is 246 g/mol. The first kappa shape index (κ1) is 11.5. The van der Waals surface area contributed by atoms with Crippen molar-refractivity contribution in [2.45, 2.75) is 13.5 Å². The molecular formula is C13H11N3O3. The summed E-state index contributed by atoms with van der Waals surface area (Å²) in [6.45, 7) is 2.08. The third-order valence-electron chi connectivity index (χ3n) is 2.56. The molecule has 0 bridgehead atoms. The normalized spacial score (nSPS) is 10.6. The molecule has 0 aliphatic carbocycles. The second-order valence-electron chi connectivity index (χ2n) is 3.90. The molecule has 0 unspecified atom stereocenters. The molecule has 0 aliphatic rings. The number of furan rings is 1. The highest BCUT2D eigenvalue weighted by Gasteiger charge is 2.10. The molecule has 0 fully saturated rings. The van der Waals surface area contributed by atoms with Crippen LogP contribution in [0.3, 0.4) is 0 Å². The summed E-state index contributed by atoms with van der Waals surface area (Å²) in [5.41, 5.74) is 1.59. The molecule has 0 saturated heterocycles. The molecule has 0 aromatic carbocycles. The van der Waals surface area contributed by atoms with E-state index in [2.05, 4.69) is 15.1 Å². The van der Waals surface area contributed by atoms with E-state index in [1.807, 2.05) is 19.1 Å². The maximum absolute atomic E-state index is 5.57. The molecule has 3 heterocycles. The van der Waals surface area contributed by atoms with Gasteiger partial charge in [0.1, 0.15) is 12.0 Å². The average Bonchev–Trinajstić information content (AvgIpc) is 3.09. The summed E-state index contributed by atoms with van der Waals surface area (Å²) < 4.78 is 15.6. The molecule has 3 aromatic rings. The van der Waals surface area contributed by atoms with Gasteiger partial charge in [-0.05, 0) is 25.1 Å². The van der Waals surface area contributed by atoms with Crippen molar-refractivity contribution in [1.29, 1.82) is 0 Å². The van der Waals surface area contributed by atoms with Gasteiger partial charge < -0.3 is 13.7 Å². The average molecular weight is 257 g/mol. The van der Waals surface area contributed by atoms with Gasteiger partial charge in [0.15, 0.2) is 6.61 Å². The van der Waals surface area contributed by atoms with Gasteiger partial charge in [-0.3, -0.25) is 4.98 Å². The quantitative estimate of drug-likeness (QED) is 0.715. The van der Waals surface area contributed by atoms with Gasteiger partial charge in [0.05, 0.1) is 17.5 Å². The lowest BCUT2D eigenvalue weighted by molar-refractivity contribution is 0.241. The van der Waals surface area contributed by atoms with Crippen molar-refractivity contribution >= 4 is 0 Å². The second kappa shape index (κ2) is 4.93. The highest BCUT2D eigenvalue weighted by atomic mass is 16.5. The Morgan fingerprint density at radius 1 is 1.32 bits per heavy atom. The van der Waals surface area contributed by atoms with E-state index in [0.717, 1.165) is 11.3 Å². The number of pyridine rings is 1. The first-order valence-electron chi connectivity index (χ1n) is 5.72. The van der Waals surface area contributed by atoms with Crippen molar-refractivity contribution in [3.63, 3.8) is 0 Å². The lowest BCUT2D eigenvalue weighted by Crippen LogP contribution is -1.98. The smallest absolute Gasteiger partial charge is 0.264 e. The molecule has 0 N–H and O–H groups in total. The van der Waals surface area contributed by atoms with Crippen molar-refractivity contribution in [3.8, 4) is 17.1 Å². The number of hydrogen-bond donors (Lipinski definition) is 0. The van der Waals surface area contributed by atoms with Crippen LogP contribution < -0.4 is 4.74 Å². The maximum atomic E-state index is 5.57. The van der Waals surface area contributed by atoms with E-state index < -0.39 is 0 Å². The van der Waals surface area contributed by atoms with Gasteiger partial charge in [-0.1, -0.05) is 5.16 Å². The van der Waals surface area contributed by atoms with Crippen LogP contribution in [0, 0.1) is 6.92 Å². The minimum absolute atomic E-state index is 0.206. The van der Waals surface area contributed by atoms with E-state index in [-0.39, 0.29) is 6.61 Å². The van der Waals surface area contributed by atoms with E-state index in [4.69, 9.17) is 13.7 Å². The van der Waals surface area contributed by atoms with E-state index >= 15 is 0 Å². The van der Waals surface area contributed by atoms with Gasteiger partial charge >= 0.3 is 0 Å². The largest absolute Gasteiger partial charge is 0.482 e. The van der Waals surface area contributed by atoms with Crippen LogP contribution in [0.2, 0.25) is 0 Å². The Labute approximate surface area is 109 Å². The minimum Gasteiger partial charge on any atom is -0.482 e. The lowest BCUT2D eigenvalue weighted by Gasteiger charge is -2.04. The first-order valence-corrected chi connectivity index (χ1v) is 5.72. The highest BCUT2D eigenvalue weighted by molar-refractivity contribution is 5.51. The van der Waals surface area contributed by atoms with Gasteiger partial charge in [-0.2, -0.15) is 4.98 Å². The Bertz CT molecular complexity index is 661. The Morgan fingerprint density at radius 3 is 3.05 bits per heavy atom. The third kappa shape index (κ3) is 2.47. The fourth-order valence-corrected chi connectivity index (χ4v) is 1.58. The minimum atomic E-state index is 0.206. The molecule has 19 heavy (non-hydrogen) atoms. The van der Waals surface area contributed by atoms with Crippen molar-refractivity contribution in [3.05, 3.63) is 48.5 Å². The summed E-state index contributed by atoms with van der Waals surface area (Å²) in [5.74, 6) is 1.58. The molecule has 3 aromatic heterocycles. The van der Waals surface area contributed by atoms with Crippen molar-refractivity contribution < 1.29 is 13.7 Å². The van der Waals surface area contributed by atoms with Crippen LogP contribution in [-0.4, -0.2) is 15.1 Å². The van der Waals surface area contributed by atoms with E-state index in [0.29, 0.717) is 17.5 Å². The Hall–Kier alpha value is -2.63. The fraction of sp³-hybridized carbons (Fsp3) is 0.154. The molecule has 6 nitrogen and oxygen atoms in total. The summed E-state index contributed by atoms with van der Waals surface area (Å²) in [7, 11) is 0. The first-order chi connectivity index (χ1) is 9.33. The van der Waals surface area contributed by atoms with Crippen molar-refractivity contribution in [2.24, 2.45) is 0 Å². The Balaban J connectivity index is 1.70. The molecule has 0 atom stereocenters. The number of hydrogen-bond acceptors (Lipinski definition) is 6. The van der Waals surface area contributed by atoms with Gasteiger partial charge in [0.25, 0.3) is 5.89 Å². The maximum Gasteiger partial charge on any atom is 0.264 e. The Kier molecular flexibility index (Phi) is 2.97. The SMILES string of the molecule is Cc1ncccc1OCc1nc(-c2ccoc2)no1. The topological polar surface area (TPSA) is 74.2 Å². The van der Waals surface area contributed by atoms with Crippen molar-refractivity contribution in [1.82, 2.24) is 15.1 Å². The van der Waals surface area contributed by atoms with E-state index in [9.17, 15) is 0 Å². The van der Waals surface area contributed by atoms with Crippen molar-refractivity contribution in [2.75, 3.05) is 0 Å². The number of aryl methyl sites for hydroxylation is 1. The number of aromatic nitrogens is 3. The van der Waals surface area contributed by atoms with Crippen LogP contribution in [-0.2, 0) is 6.61 Å². The molecule has 0 radical (unpaired) electrons. The molecule has 6 heteroatoms. The molecule has 0 saturated carbocycles. The lowest BCUT2D eigenvalue weighted by atomic mass is 10.3. The van der Waals surface area contributed by atoms with Crippen LogP contribution in [0.5, 0.6) is 5.75 Å². The van der Waals surface area contributed by atoms with Gasteiger partial charge in [0, 0.05) is 6.20 Å². The van der Waals surface area contributed by atoms with Crippen LogP contribution >= 0.6 is 0 Å². The standard InChI is InChI=1S/C13H11N3O3/c1-9-11(3-2-5-14-9)18-8-12-15-13(16-19-12)10-4-6-17-7-10/h2-7H,8H2,1H3. The second-order valence-corrected chi connectivity index (χ2v) is 3.90. The summed E-state index contributed by atoms with van der Waals surface area (Å²) in [5, 5.41) is 3.85. The number of nitrogens with zero attached hydrogens (tertiary/aromatic N) is 3. The molecule has 3 rings (SSSR count). The van der Waals surface area contributed by atoms with Crippen LogP contribution in [0.4, 0.5) is 0 Å². The molecule has 0 aliphatic heterocycles. The molecule has 0 amide bonds. The van der Waals surface area contributed by atoms with Gasteiger partial charge in [-0.15, -0.1) is 0 Å². The molecule has 0 spiro atoms. The van der Waals surface area contributed by atoms with E-state index in [1.165, 1.54) is 0 Å². The Morgan fingerprint density at radius 2 is 2.26 bits per heavy atom. The van der Waals surface area contributed by atoms with Gasteiger partial charge in [0.2, 0.25) is 5.82 Å². The highest BCUT2D eigenvalue weighted by Crippen LogP contribution is 2.18. The third-order valence-corrected chi connectivity index (χ3v) is 2.56. The predicted molar refractivity (Wildman–Crippen MR) is 65.3 cm³/mol. The number of ether oxygens (including phenoxy) is 1. The van der Waals surface area contributed by atoms with Crippen LogP contribution in [0.15, 0.2) is 45.9 Å². The zero-order chi connectivity index (χ0) is 13.1. The van der Waals surface area contributed by atoms with Crippen LogP contribution in [0.1, 0.15) is 11.6 Å². The summed E-state index contributed by atoms with van der Waals surface area (Å²) in [4.78, 5) is 8.35. The van der Waals surface area contributed by atoms with E-state index in [1.54, 1.807) is 24.8 Å². The molecule has 96 valence electrons.